The molecule has 12 heteroatoms. The highest BCUT2D eigenvalue weighted by Gasteiger charge is 2.39. The van der Waals surface area contributed by atoms with E-state index in [2.05, 4.69) is 10.4 Å². The summed E-state index contributed by atoms with van der Waals surface area (Å²) in [4.78, 5) is 25.7. The molecule has 0 unspecified atom stereocenters. The number of hydrogen-bond acceptors (Lipinski definition) is 4. The standard InChI is InChI=1S/C23H21F5N4O3/c1-12-6-5-7-15(24)20(12)29-21(33)14-10-16(25)17(11-18(14)35-13(2)23(26,27)28)32-22(34)31-9-4-3-8-19(31)30-32/h5-7,10-11,13H,3-4,8-9H2,1-2H3,(H,29,33)/t13-/m0/s1. The molecular weight excluding hydrogens is 475 g/mol. The molecule has 1 N–H and O–H groups in total. The molecule has 0 aliphatic carbocycles. The van der Waals surface area contributed by atoms with Crippen molar-refractivity contribution < 1.29 is 31.5 Å². The molecule has 1 aromatic heterocycles. The highest BCUT2D eigenvalue weighted by Crippen LogP contribution is 2.31. The van der Waals surface area contributed by atoms with Gasteiger partial charge in [-0.25, -0.2) is 13.6 Å². The highest BCUT2D eigenvalue weighted by atomic mass is 19.4. The summed E-state index contributed by atoms with van der Waals surface area (Å²) in [7, 11) is 0. The Kier molecular flexibility index (Phi) is 6.39. The van der Waals surface area contributed by atoms with E-state index in [1.807, 2.05) is 0 Å². The number of alkyl halides is 3. The molecule has 0 saturated carbocycles. The maximum absolute atomic E-state index is 15.1. The van der Waals surface area contributed by atoms with Gasteiger partial charge in [-0.15, -0.1) is 5.10 Å². The Morgan fingerprint density at radius 3 is 2.57 bits per heavy atom. The highest BCUT2D eigenvalue weighted by molar-refractivity contribution is 6.06. The van der Waals surface area contributed by atoms with Crippen LogP contribution >= 0.6 is 0 Å². The number of aryl methyl sites for hydroxylation is 2. The minimum Gasteiger partial charge on any atom is -0.480 e. The first-order valence-electron chi connectivity index (χ1n) is 10.8. The number of anilines is 1. The first-order valence-corrected chi connectivity index (χ1v) is 10.8. The van der Waals surface area contributed by atoms with Crippen LogP contribution in [0.4, 0.5) is 27.6 Å². The number of aromatic nitrogens is 3. The number of hydrogen-bond donors (Lipinski definition) is 1. The Morgan fingerprint density at radius 2 is 1.91 bits per heavy atom. The van der Waals surface area contributed by atoms with Gasteiger partial charge >= 0.3 is 11.9 Å². The van der Waals surface area contributed by atoms with Crippen LogP contribution in [0.2, 0.25) is 0 Å². The topological polar surface area (TPSA) is 78.2 Å². The van der Waals surface area contributed by atoms with E-state index in [0.717, 1.165) is 29.7 Å². The Hall–Kier alpha value is -3.70. The number of halogens is 5. The quantitative estimate of drug-likeness (QED) is 0.527. The summed E-state index contributed by atoms with van der Waals surface area (Å²) in [6.07, 6.45) is -5.16. The van der Waals surface area contributed by atoms with E-state index < -0.39 is 52.5 Å². The van der Waals surface area contributed by atoms with Crippen LogP contribution in [-0.4, -0.2) is 32.5 Å². The van der Waals surface area contributed by atoms with Crippen LogP contribution in [0.1, 0.15) is 41.5 Å². The summed E-state index contributed by atoms with van der Waals surface area (Å²) in [6.45, 7) is 2.61. The number of amides is 1. The molecule has 7 nitrogen and oxygen atoms in total. The number of carbonyl (C=O) groups is 1. The molecule has 0 radical (unpaired) electrons. The van der Waals surface area contributed by atoms with Crippen LogP contribution in [0, 0.1) is 18.6 Å². The third-order valence-corrected chi connectivity index (χ3v) is 5.72. The lowest BCUT2D eigenvalue weighted by atomic mass is 10.1. The smallest absolute Gasteiger partial charge is 0.425 e. The van der Waals surface area contributed by atoms with Crippen molar-refractivity contribution in [1.82, 2.24) is 14.3 Å². The zero-order chi connectivity index (χ0) is 25.5. The second kappa shape index (κ2) is 9.16. The number of fused-ring (bicyclic) bond motifs is 1. The summed E-state index contributed by atoms with van der Waals surface area (Å²) >= 11 is 0. The molecule has 1 aliphatic rings. The number of para-hydroxylation sites is 1. The van der Waals surface area contributed by atoms with Gasteiger partial charge in [-0.3, -0.25) is 9.36 Å². The van der Waals surface area contributed by atoms with E-state index in [1.54, 1.807) is 0 Å². The fraction of sp³-hybridized carbons (Fsp3) is 0.348. The van der Waals surface area contributed by atoms with Crippen molar-refractivity contribution in [1.29, 1.82) is 0 Å². The average Bonchev–Trinajstić information content (AvgIpc) is 3.13. The molecular formula is C23H21F5N4O3. The number of rotatable bonds is 5. The molecule has 4 rings (SSSR count). The van der Waals surface area contributed by atoms with Crippen molar-refractivity contribution in [3.63, 3.8) is 0 Å². The molecule has 1 amide bonds. The zero-order valence-corrected chi connectivity index (χ0v) is 18.7. The first-order chi connectivity index (χ1) is 16.5. The van der Waals surface area contributed by atoms with E-state index in [9.17, 15) is 27.2 Å². The van der Waals surface area contributed by atoms with Crippen molar-refractivity contribution >= 4 is 11.6 Å². The Bertz CT molecular complexity index is 1330. The SMILES string of the molecule is Cc1cccc(F)c1NC(=O)c1cc(F)c(-n2nc3n(c2=O)CCCC3)cc1O[C@@H](C)C(F)(F)F. The first kappa shape index (κ1) is 24.4. The van der Waals surface area contributed by atoms with Crippen LogP contribution < -0.4 is 15.7 Å². The van der Waals surface area contributed by atoms with Crippen LogP contribution in [0.25, 0.3) is 5.69 Å². The molecule has 1 aliphatic heterocycles. The minimum absolute atomic E-state index is 0.213. The molecule has 1 atom stereocenters. The van der Waals surface area contributed by atoms with Gasteiger partial charge in [0.1, 0.15) is 28.9 Å². The van der Waals surface area contributed by atoms with E-state index >= 15 is 4.39 Å². The van der Waals surface area contributed by atoms with Gasteiger partial charge in [0.2, 0.25) is 0 Å². The largest absolute Gasteiger partial charge is 0.480 e. The van der Waals surface area contributed by atoms with E-state index in [-0.39, 0.29) is 5.69 Å². The maximum Gasteiger partial charge on any atom is 0.425 e. The molecule has 2 aromatic carbocycles. The van der Waals surface area contributed by atoms with Gasteiger partial charge in [0.25, 0.3) is 5.91 Å². The molecule has 0 spiro atoms. The number of nitrogens with one attached hydrogen (secondary N) is 1. The van der Waals surface area contributed by atoms with Crippen LogP contribution in [0.15, 0.2) is 35.1 Å². The van der Waals surface area contributed by atoms with Gasteiger partial charge in [0.05, 0.1) is 11.3 Å². The lowest BCUT2D eigenvalue weighted by Gasteiger charge is -2.20. The summed E-state index contributed by atoms with van der Waals surface area (Å²) in [5, 5.41) is 6.37. The van der Waals surface area contributed by atoms with Gasteiger partial charge in [-0.1, -0.05) is 12.1 Å². The Labute approximate surface area is 196 Å². The van der Waals surface area contributed by atoms with Gasteiger partial charge in [0.15, 0.2) is 6.10 Å². The third-order valence-electron chi connectivity index (χ3n) is 5.72. The number of benzene rings is 2. The molecule has 2 heterocycles. The van der Waals surface area contributed by atoms with Crippen LogP contribution in [-0.2, 0) is 13.0 Å². The van der Waals surface area contributed by atoms with E-state index in [4.69, 9.17) is 4.74 Å². The summed E-state index contributed by atoms with van der Waals surface area (Å²) in [6, 6.07) is 5.47. The predicted molar refractivity (Wildman–Crippen MR) is 116 cm³/mol. The number of carbonyl (C=O) groups excluding carboxylic acids is 1. The molecule has 0 saturated heterocycles. The second-order valence-electron chi connectivity index (χ2n) is 8.21. The summed E-state index contributed by atoms with van der Waals surface area (Å²) in [5.41, 5.74) is -1.61. The minimum atomic E-state index is -4.80. The van der Waals surface area contributed by atoms with Crippen molar-refractivity contribution in [3.05, 3.63) is 69.4 Å². The Balaban J connectivity index is 1.81. The second-order valence-corrected chi connectivity index (χ2v) is 8.21. The van der Waals surface area contributed by atoms with Gasteiger partial charge < -0.3 is 10.1 Å². The monoisotopic (exact) mass is 496 g/mol. The Morgan fingerprint density at radius 1 is 1.17 bits per heavy atom. The lowest BCUT2D eigenvalue weighted by molar-refractivity contribution is -0.189. The zero-order valence-electron chi connectivity index (χ0n) is 18.7. The number of ether oxygens (including phenoxy) is 1. The molecule has 186 valence electrons. The normalized spacial score (nSPS) is 14.4. The van der Waals surface area contributed by atoms with Crippen LogP contribution in [0.5, 0.6) is 5.75 Å². The van der Waals surface area contributed by atoms with E-state index in [0.29, 0.717) is 37.3 Å². The van der Waals surface area contributed by atoms with Crippen molar-refractivity contribution in [2.75, 3.05) is 5.32 Å². The third kappa shape index (κ3) is 4.77. The fourth-order valence-electron chi connectivity index (χ4n) is 3.76. The van der Waals surface area contributed by atoms with Gasteiger partial charge in [-0.05, 0) is 44.4 Å². The number of nitrogens with zero attached hydrogens (tertiary/aromatic N) is 3. The summed E-state index contributed by atoms with van der Waals surface area (Å²) < 4.78 is 76.1. The average molecular weight is 496 g/mol. The van der Waals surface area contributed by atoms with Crippen molar-refractivity contribution in [2.45, 2.75) is 51.9 Å². The molecule has 0 bridgehead atoms. The van der Waals surface area contributed by atoms with E-state index in [1.165, 1.54) is 23.6 Å². The lowest BCUT2D eigenvalue weighted by Crippen LogP contribution is -2.32. The van der Waals surface area contributed by atoms with Crippen LogP contribution in [0.3, 0.4) is 0 Å². The molecule has 3 aromatic rings. The molecule has 0 fully saturated rings. The maximum atomic E-state index is 15.1. The van der Waals surface area contributed by atoms with Gasteiger partial charge in [0, 0.05) is 19.0 Å². The molecule has 35 heavy (non-hydrogen) atoms. The van der Waals surface area contributed by atoms with Crippen molar-refractivity contribution in [2.24, 2.45) is 0 Å². The predicted octanol–water partition coefficient (Wildman–Crippen LogP) is 4.54. The van der Waals surface area contributed by atoms with Crippen molar-refractivity contribution in [3.8, 4) is 11.4 Å². The van der Waals surface area contributed by atoms with Gasteiger partial charge in [-0.2, -0.15) is 17.9 Å². The fourth-order valence-corrected chi connectivity index (χ4v) is 3.76. The summed E-state index contributed by atoms with van der Waals surface area (Å²) in [5.74, 6) is -3.19.